The third-order valence-electron chi connectivity index (χ3n) is 5.86. The van der Waals surface area contributed by atoms with Crippen LogP contribution >= 0.6 is 0 Å². The van der Waals surface area contributed by atoms with Crippen LogP contribution < -0.4 is 15.8 Å². The van der Waals surface area contributed by atoms with E-state index in [9.17, 15) is 4.79 Å². The largest absolute Gasteiger partial charge is 0.493 e. The number of benzene rings is 1. The molecule has 0 fully saturated rings. The first-order valence-corrected chi connectivity index (χ1v) is 10.8. The molecule has 5 rings (SSSR count). The van der Waals surface area contributed by atoms with Gasteiger partial charge in [0, 0.05) is 29.8 Å². The SMILES string of the molecule is CC[C@H](C)NC(=O)c1cc(-c2cnn(C3CCOc4ccccc43)c2)cc2nc(N)nn12. The van der Waals surface area contributed by atoms with Gasteiger partial charge in [0.1, 0.15) is 11.4 Å². The number of nitrogen functional groups attached to an aromatic ring is 1. The number of aromatic nitrogens is 5. The van der Waals surface area contributed by atoms with Crippen LogP contribution in [0.5, 0.6) is 5.75 Å². The molecule has 9 nitrogen and oxygen atoms in total. The Balaban J connectivity index is 1.54. The van der Waals surface area contributed by atoms with Gasteiger partial charge in [-0.2, -0.15) is 10.1 Å². The van der Waals surface area contributed by atoms with Crippen LogP contribution in [0.1, 0.15) is 48.8 Å². The summed E-state index contributed by atoms with van der Waals surface area (Å²) in [5.41, 5.74) is 9.54. The minimum absolute atomic E-state index is 0.0402. The van der Waals surface area contributed by atoms with E-state index in [1.807, 2.05) is 49.0 Å². The highest BCUT2D eigenvalue weighted by Crippen LogP contribution is 2.35. The molecule has 0 aliphatic carbocycles. The number of nitrogens with zero attached hydrogens (tertiary/aromatic N) is 5. The van der Waals surface area contributed by atoms with Crippen molar-refractivity contribution in [1.82, 2.24) is 29.7 Å². The van der Waals surface area contributed by atoms with E-state index >= 15 is 0 Å². The summed E-state index contributed by atoms with van der Waals surface area (Å²) in [7, 11) is 0. The number of anilines is 1. The maximum Gasteiger partial charge on any atom is 0.270 e. The predicted octanol–water partition coefficient (Wildman–Crippen LogP) is 3.08. The van der Waals surface area contributed by atoms with E-state index in [1.54, 1.807) is 12.3 Å². The van der Waals surface area contributed by atoms with E-state index in [0.29, 0.717) is 17.9 Å². The first-order valence-electron chi connectivity index (χ1n) is 10.8. The molecule has 1 aliphatic heterocycles. The summed E-state index contributed by atoms with van der Waals surface area (Å²) in [6.07, 6.45) is 5.46. The lowest BCUT2D eigenvalue weighted by molar-refractivity contribution is 0.0932. The van der Waals surface area contributed by atoms with Gasteiger partial charge in [0.05, 0.1) is 18.8 Å². The molecule has 0 saturated carbocycles. The van der Waals surface area contributed by atoms with Crippen LogP contribution in [0, 0.1) is 0 Å². The number of pyridine rings is 1. The number of nitrogens with two attached hydrogens (primary N) is 1. The van der Waals surface area contributed by atoms with Crippen molar-refractivity contribution in [2.75, 3.05) is 12.3 Å². The number of nitrogens with one attached hydrogen (secondary N) is 1. The van der Waals surface area contributed by atoms with E-state index in [0.717, 1.165) is 35.3 Å². The molecule has 164 valence electrons. The molecule has 9 heteroatoms. The van der Waals surface area contributed by atoms with Crippen molar-refractivity contribution < 1.29 is 9.53 Å². The lowest BCUT2D eigenvalue weighted by Gasteiger charge is -2.26. The highest BCUT2D eigenvalue weighted by molar-refractivity contribution is 5.95. The smallest absolute Gasteiger partial charge is 0.270 e. The predicted molar refractivity (Wildman–Crippen MR) is 121 cm³/mol. The summed E-state index contributed by atoms with van der Waals surface area (Å²) >= 11 is 0. The maximum atomic E-state index is 12.9. The second-order valence-corrected chi connectivity index (χ2v) is 8.05. The van der Waals surface area contributed by atoms with Gasteiger partial charge in [-0.15, -0.1) is 5.10 Å². The van der Waals surface area contributed by atoms with Gasteiger partial charge in [0.25, 0.3) is 5.91 Å². The summed E-state index contributed by atoms with van der Waals surface area (Å²) in [6.45, 7) is 4.62. The number of amides is 1. The molecule has 1 aliphatic rings. The zero-order chi connectivity index (χ0) is 22.2. The average Bonchev–Trinajstić information content (AvgIpc) is 3.44. The van der Waals surface area contributed by atoms with Gasteiger partial charge in [-0.3, -0.25) is 9.48 Å². The van der Waals surface area contributed by atoms with Crippen molar-refractivity contribution in [3.05, 3.63) is 60.0 Å². The minimum Gasteiger partial charge on any atom is -0.493 e. The molecule has 0 bridgehead atoms. The molecule has 4 heterocycles. The Morgan fingerprint density at radius 1 is 1.31 bits per heavy atom. The molecular weight excluding hydrogens is 406 g/mol. The third kappa shape index (κ3) is 3.55. The molecule has 0 saturated heterocycles. The van der Waals surface area contributed by atoms with Crippen molar-refractivity contribution in [2.24, 2.45) is 0 Å². The highest BCUT2D eigenvalue weighted by Gasteiger charge is 2.24. The van der Waals surface area contributed by atoms with Crippen molar-refractivity contribution in [1.29, 1.82) is 0 Å². The third-order valence-corrected chi connectivity index (χ3v) is 5.86. The Morgan fingerprint density at radius 2 is 2.16 bits per heavy atom. The minimum atomic E-state index is -0.221. The van der Waals surface area contributed by atoms with Gasteiger partial charge in [-0.05, 0) is 37.1 Å². The van der Waals surface area contributed by atoms with Crippen LogP contribution in [-0.2, 0) is 0 Å². The van der Waals surface area contributed by atoms with Gasteiger partial charge in [-0.25, -0.2) is 4.52 Å². The molecular formula is C23H25N7O2. The van der Waals surface area contributed by atoms with Crippen LogP contribution in [0.2, 0.25) is 0 Å². The highest BCUT2D eigenvalue weighted by atomic mass is 16.5. The standard InChI is InChI=1S/C23H25N7O2/c1-3-14(2)26-22(31)19-10-15(11-21-27-23(24)28-30(19)21)16-12-25-29(13-16)18-8-9-32-20-7-5-4-6-17(18)20/h4-7,10-14,18H,3,8-9H2,1-2H3,(H2,24,28)(H,26,31)/t14-,18?/m0/s1. The normalized spacial score (nSPS) is 16.4. The fourth-order valence-electron chi connectivity index (χ4n) is 3.98. The van der Waals surface area contributed by atoms with Crippen LogP contribution in [-0.4, -0.2) is 42.9 Å². The van der Waals surface area contributed by atoms with Crippen LogP contribution in [0.25, 0.3) is 16.8 Å². The number of carbonyl (C=O) groups is 1. The van der Waals surface area contributed by atoms with E-state index in [1.165, 1.54) is 4.52 Å². The van der Waals surface area contributed by atoms with Crippen LogP contribution in [0.4, 0.5) is 5.95 Å². The fourth-order valence-corrected chi connectivity index (χ4v) is 3.98. The summed E-state index contributed by atoms with van der Waals surface area (Å²) < 4.78 is 9.22. The van der Waals surface area contributed by atoms with Crippen molar-refractivity contribution >= 4 is 17.5 Å². The monoisotopic (exact) mass is 431 g/mol. The Kier molecular flexibility index (Phi) is 5.01. The Morgan fingerprint density at radius 3 is 3.00 bits per heavy atom. The summed E-state index contributed by atoms with van der Waals surface area (Å²) in [4.78, 5) is 17.2. The van der Waals surface area contributed by atoms with Crippen molar-refractivity contribution in [3.63, 3.8) is 0 Å². The lowest BCUT2D eigenvalue weighted by atomic mass is 10.0. The molecule has 1 amide bonds. The van der Waals surface area contributed by atoms with Gasteiger partial charge in [0.15, 0.2) is 5.65 Å². The number of hydrogen-bond donors (Lipinski definition) is 2. The van der Waals surface area contributed by atoms with Gasteiger partial charge >= 0.3 is 0 Å². The zero-order valence-electron chi connectivity index (χ0n) is 18.0. The topological polar surface area (TPSA) is 112 Å². The Labute approximate surface area is 185 Å². The molecule has 2 atom stereocenters. The quantitative estimate of drug-likeness (QED) is 0.502. The number of carbonyl (C=O) groups excluding carboxylic acids is 1. The van der Waals surface area contributed by atoms with E-state index < -0.39 is 0 Å². The van der Waals surface area contributed by atoms with E-state index in [-0.39, 0.29) is 23.9 Å². The second-order valence-electron chi connectivity index (χ2n) is 8.05. The average molecular weight is 432 g/mol. The molecule has 0 spiro atoms. The molecule has 4 aromatic rings. The molecule has 32 heavy (non-hydrogen) atoms. The number of ether oxygens (including phenoxy) is 1. The van der Waals surface area contributed by atoms with E-state index in [4.69, 9.17) is 10.5 Å². The summed E-state index contributed by atoms with van der Waals surface area (Å²) in [5, 5.41) is 11.8. The van der Waals surface area contributed by atoms with Gasteiger partial charge in [0.2, 0.25) is 5.95 Å². The molecule has 1 unspecified atom stereocenters. The molecule has 3 aromatic heterocycles. The first kappa shape index (κ1) is 20.0. The molecule has 0 radical (unpaired) electrons. The van der Waals surface area contributed by atoms with Crippen LogP contribution in [0.3, 0.4) is 0 Å². The summed E-state index contributed by atoms with van der Waals surface area (Å²) in [5.74, 6) is 0.793. The number of hydrogen-bond acceptors (Lipinski definition) is 6. The second kappa shape index (κ2) is 7.99. The van der Waals surface area contributed by atoms with Crippen molar-refractivity contribution in [3.8, 4) is 16.9 Å². The van der Waals surface area contributed by atoms with Crippen LogP contribution in [0.15, 0.2) is 48.8 Å². The first-order chi connectivity index (χ1) is 15.5. The maximum absolute atomic E-state index is 12.9. The number of rotatable bonds is 5. The number of fused-ring (bicyclic) bond motifs is 2. The van der Waals surface area contributed by atoms with Crippen molar-refractivity contribution in [2.45, 2.75) is 38.8 Å². The lowest BCUT2D eigenvalue weighted by Crippen LogP contribution is -2.33. The zero-order valence-corrected chi connectivity index (χ0v) is 18.0. The van der Waals surface area contributed by atoms with Gasteiger partial charge in [-0.1, -0.05) is 25.1 Å². The molecule has 1 aromatic carbocycles. The van der Waals surface area contributed by atoms with Gasteiger partial charge < -0.3 is 15.8 Å². The number of para-hydroxylation sites is 1. The summed E-state index contributed by atoms with van der Waals surface area (Å²) in [6, 6.07) is 11.8. The Bertz CT molecular complexity index is 1290. The fraction of sp³-hybridized carbons (Fsp3) is 0.304. The van der Waals surface area contributed by atoms with E-state index in [2.05, 4.69) is 26.6 Å². The molecule has 3 N–H and O–H groups in total. The Hall–Kier alpha value is -3.88.